The molecule has 170 valence electrons. The second-order valence-electron chi connectivity index (χ2n) is 8.24. The Balaban J connectivity index is 1.82. The van der Waals surface area contributed by atoms with Gasteiger partial charge in [0, 0.05) is 10.4 Å². The Morgan fingerprint density at radius 3 is 2.45 bits per heavy atom. The molecule has 2 heterocycles. The number of aliphatic hydroxyl groups is 1. The largest absolute Gasteiger partial charge is 0.508 e. The zero-order chi connectivity index (χ0) is 23.7. The van der Waals surface area contributed by atoms with Crippen LogP contribution in [-0.2, 0) is 16.1 Å². The average molecular weight is 464 g/mol. The van der Waals surface area contributed by atoms with Gasteiger partial charge in [-0.05, 0) is 73.7 Å². The molecular weight excluding hydrogens is 438 g/mol. The summed E-state index contributed by atoms with van der Waals surface area (Å²) in [6, 6.07) is 14.5. The van der Waals surface area contributed by atoms with Crippen LogP contribution < -0.4 is 4.74 Å². The highest BCUT2D eigenvalue weighted by Crippen LogP contribution is 2.41. The van der Waals surface area contributed by atoms with Crippen LogP contribution >= 0.6 is 11.3 Å². The molecule has 0 aliphatic carbocycles. The lowest BCUT2D eigenvalue weighted by Crippen LogP contribution is -2.28. The van der Waals surface area contributed by atoms with Gasteiger partial charge < -0.3 is 19.8 Å². The fraction of sp³-hybridized carbons (Fsp3) is 0.231. The van der Waals surface area contributed by atoms with Crippen LogP contribution in [0.15, 0.2) is 65.6 Å². The van der Waals surface area contributed by atoms with Gasteiger partial charge in [-0.25, -0.2) is 0 Å². The quantitative estimate of drug-likeness (QED) is 0.299. The molecule has 7 heteroatoms. The van der Waals surface area contributed by atoms with Gasteiger partial charge in [-0.15, -0.1) is 11.3 Å². The van der Waals surface area contributed by atoms with Gasteiger partial charge in [-0.2, -0.15) is 0 Å². The van der Waals surface area contributed by atoms with Crippen LogP contribution in [-0.4, -0.2) is 32.9 Å². The molecule has 1 aliphatic heterocycles. The first-order valence-corrected chi connectivity index (χ1v) is 11.5. The highest BCUT2D eigenvalue weighted by atomic mass is 32.1. The van der Waals surface area contributed by atoms with E-state index >= 15 is 0 Å². The number of benzene rings is 2. The normalized spacial score (nSPS) is 17.7. The van der Waals surface area contributed by atoms with Crippen molar-refractivity contribution in [3.05, 3.63) is 87.1 Å². The van der Waals surface area contributed by atoms with Gasteiger partial charge >= 0.3 is 0 Å². The Bertz CT molecular complexity index is 1210. The Hall–Kier alpha value is -3.58. The summed E-state index contributed by atoms with van der Waals surface area (Å²) in [6.07, 6.45) is 0.000203. The third-order valence-electron chi connectivity index (χ3n) is 5.47. The van der Waals surface area contributed by atoms with Crippen molar-refractivity contribution in [2.24, 2.45) is 0 Å². The summed E-state index contributed by atoms with van der Waals surface area (Å²) < 4.78 is 5.77. The summed E-state index contributed by atoms with van der Waals surface area (Å²) >= 11 is 1.49. The monoisotopic (exact) mass is 463 g/mol. The van der Waals surface area contributed by atoms with Gasteiger partial charge in [0.1, 0.15) is 17.3 Å². The third kappa shape index (κ3) is 4.50. The minimum atomic E-state index is -0.778. The van der Waals surface area contributed by atoms with Gasteiger partial charge in [0.05, 0.1) is 24.3 Å². The molecule has 0 bridgehead atoms. The van der Waals surface area contributed by atoms with E-state index in [-0.39, 0.29) is 29.7 Å². The second kappa shape index (κ2) is 9.11. The lowest BCUT2D eigenvalue weighted by atomic mass is 9.94. The molecule has 0 radical (unpaired) electrons. The number of aliphatic hydroxyl groups excluding tert-OH is 1. The smallest absolute Gasteiger partial charge is 0.295 e. The predicted octanol–water partition coefficient (Wildman–Crippen LogP) is 5.17. The number of ketones is 1. The number of phenols is 1. The number of likely N-dealkylation sites (tertiary alicyclic amines) is 1. The Labute approximate surface area is 196 Å². The number of aromatic hydroxyl groups is 1. The maximum absolute atomic E-state index is 13.1. The van der Waals surface area contributed by atoms with Crippen LogP contribution in [0.1, 0.15) is 41.5 Å². The molecule has 0 spiro atoms. The highest BCUT2D eigenvalue weighted by Gasteiger charge is 2.46. The van der Waals surface area contributed by atoms with Crippen molar-refractivity contribution < 1.29 is 24.5 Å². The van der Waals surface area contributed by atoms with Gasteiger partial charge in [0.25, 0.3) is 11.7 Å². The number of rotatable bonds is 6. The Kier molecular flexibility index (Phi) is 6.24. The van der Waals surface area contributed by atoms with Gasteiger partial charge in [-0.1, -0.05) is 18.2 Å². The molecule has 0 saturated carbocycles. The molecule has 1 atom stereocenters. The van der Waals surface area contributed by atoms with Crippen molar-refractivity contribution in [3.8, 4) is 11.5 Å². The highest BCUT2D eigenvalue weighted by molar-refractivity contribution is 7.09. The molecular formula is C26H25NO5S. The Morgan fingerprint density at radius 1 is 1.12 bits per heavy atom. The maximum atomic E-state index is 13.1. The minimum Gasteiger partial charge on any atom is -0.508 e. The lowest BCUT2D eigenvalue weighted by molar-refractivity contribution is -0.140. The first kappa shape index (κ1) is 22.6. The van der Waals surface area contributed by atoms with Crippen LogP contribution in [0, 0.1) is 6.92 Å². The van der Waals surface area contributed by atoms with Crippen molar-refractivity contribution in [3.63, 3.8) is 0 Å². The van der Waals surface area contributed by atoms with Crippen molar-refractivity contribution in [1.29, 1.82) is 0 Å². The van der Waals surface area contributed by atoms with E-state index in [0.29, 0.717) is 16.9 Å². The van der Waals surface area contributed by atoms with Crippen molar-refractivity contribution in [1.82, 2.24) is 4.90 Å². The van der Waals surface area contributed by atoms with E-state index in [1.54, 1.807) is 30.3 Å². The van der Waals surface area contributed by atoms with E-state index in [2.05, 4.69) is 0 Å². The zero-order valence-electron chi connectivity index (χ0n) is 18.6. The number of carbonyl (C=O) groups is 2. The summed E-state index contributed by atoms with van der Waals surface area (Å²) in [5.74, 6) is -0.874. The van der Waals surface area contributed by atoms with Crippen molar-refractivity contribution in [2.45, 2.75) is 39.5 Å². The molecule has 1 fully saturated rings. The number of aryl methyl sites for hydroxylation is 1. The maximum Gasteiger partial charge on any atom is 0.295 e. The fourth-order valence-electron chi connectivity index (χ4n) is 3.96. The number of carbonyl (C=O) groups excluding carboxylic acids is 2. The van der Waals surface area contributed by atoms with E-state index < -0.39 is 17.7 Å². The van der Waals surface area contributed by atoms with E-state index in [1.807, 2.05) is 38.3 Å². The van der Waals surface area contributed by atoms with Crippen molar-refractivity contribution in [2.75, 3.05) is 0 Å². The molecule has 1 aliphatic rings. The molecule has 3 aromatic rings. The molecule has 33 heavy (non-hydrogen) atoms. The number of Topliss-reactive ketones (excluding diaryl/α,β-unsaturated/α-hetero) is 1. The summed E-state index contributed by atoms with van der Waals surface area (Å²) in [7, 11) is 0. The summed E-state index contributed by atoms with van der Waals surface area (Å²) in [5.41, 5.74) is 1.89. The van der Waals surface area contributed by atoms with Crippen molar-refractivity contribution >= 4 is 28.8 Å². The fourth-order valence-corrected chi connectivity index (χ4v) is 4.66. The van der Waals surface area contributed by atoms with Gasteiger partial charge in [-0.3, -0.25) is 9.59 Å². The molecule has 1 unspecified atom stereocenters. The molecule has 2 aromatic carbocycles. The van der Waals surface area contributed by atoms with Gasteiger partial charge in [0.15, 0.2) is 0 Å². The number of nitrogens with zero attached hydrogens (tertiary/aromatic N) is 1. The van der Waals surface area contributed by atoms with Crippen LogP contribution in [0.2, 0.25) is 0 Å². The van der Waals surface area contributed by atoms with E-state index in [1.165, 1.54) is 28.4 Å². The third-order valence-corrected chi connectivity index (χ3v) is 6.33. The molecule has 1 amide bonds. The Morgan fingerprint density at radius 2 is 1.85 bits per heavy atom. The molecule has 6 nitrogen and oxygen atoms in total. The topological polar surface area (TPSA) is 87.1 Å². The first-order chi connectivity index (χ1) is 15.8. The molecule has 2 N–H and O–H groups in total. The van der Waals surface area contributed by atoms with E-state index in [4.69, 9.17) is 4.74 Å². The van der Waals surface area contributed by atoms with E-state index in [0.717, 1.165) is 10.4 Å². The molecule has 4 rings (SSSR count). The number of amides is 1. The number of hydrogen-bond donors (Lipinski definition) is 2. The SMILES string of the molecule is Cc1cc(/C(O)=C2/C(=O)C(=O)N(Cc3cccs3)C2c2ccc(O)cc2)ccc1OC(C)C. The summed E-state index contributed by atoms with van der Waals surface area (Å²) in [6.45, 7) is 5.96. The standard InChI is InChI=1S/C26H25NO5S/c1-15(2)32-21-11-8-18(13-16(21)3)24(29)22-23(17-6-9-19(28)10-7-17)27(26(31)25(22)30)14-20-5-4-12-33-20/h4-13,15,23,28-29H,14H2,1-3H3/b24-22-. The summed E-state index contributed by atoms with van der Waals surface area (Å²) in [5, 5.41) is 22.9. The minimum absolute atomic E-state index is 0.000203. The molecule has 1 aromatic heterocycles. The van der Waals surface area contributed by atoms with Crippen LogP contribution in [0.4, 0.5) is 0 Å². The number of ether oxygens (including phenoxy) is 1. The van der Waals surface area contributed by atoms with Crippen LogP contribution in [0.25, 0.3) is 5.76 Å². The van der Waals surface area contributed by atoms with Crippen LogP contribution in [0.3, 0.4) is 0 Å². The predicted molar refractivity (Wildman–Crippen MR) is 127 cm³/mol. The number of hydrogen-bond acceptors (Lipinski definition) is 6. The first-order valence-electron chi connectivity index (χ1n) is 10.6. The van der Waals surface area contributed by atoms with E-state index in [9.17, 15) is 19.8 Å². The number of phenolic OH excluding ortho intramolecular Hbond substituents is 1. The van der Waals surface area contributed by atoms with Crippen LogP contribution in [0.5, 0.6) is 11.5 Å². The average Bonchev–Trinajstić information content (AvgIpc) is 3.37. The zero-order valence-corrected chi connectivity index (χ0v) is 19.4. The lowest BCUT2D eigenvalue weighted by Gasteiger charge is -2.25. The van der Waals surface area contributed by atoms with Gasteiger partial charge in [0.2, 0.25) is 0 Å². The summed E-state index contributed by atoms with van der Waals surface area (Å²) in [4.78, 5) is 28.6. The molecule has 1 saturated heterocycles. The number of thiophene rings is 1. The second-order valence-corrected chi connectivity index (χ2v) is 9.28.